The summed E-state index contributed by atoms with van der Waals surface area (Å²) in [5.74, 6) is 0.571. The van der Waals surface area contributed by atoms with Crippen LogP contribution < -0.4 is 15.4 Å². The van der Waals surface area contributed by atoms with Crippen molar-refractivity contribution in [1.82, 2.24) is 10.2 Å². The molecule has 2 N–H and O–H groups in total. The van der Waals surface area contributed by atoms with Crippen molar-refractivity contribution in [2.45, 2.75) is 26.0 Å². The maximum atomic E-state index is 12.4. The Morgan fingerprint density at radius 3 is 2.54 bits per heavy atom. The van der Waals surface area contributed by atoms with E-state index in [9.17, 15) is 9.59 Å². The molecule has 0 fully saturated rings. The number of benzene rings is 2. The van der Waals surface area contributed by atoms with E-state index in [4.69, 9.17) is 4.74 Å². The number of ether oxygens (including phenoxy) is 1. The Bertz CT molecular complexity index is 734. The van der Waals surface area contributed by atoms with E-state index < -0.39 is 0 Å². The van der Waals surface area contributed by atoms with Crippen LogP contribution in [0.1, 0.15) is 18.9 Å². The first-order valence-corrected chi connectivity index (χ1v) is 8.50. The summed E-state index contributed by atoms with van der Waals surface area (Å²) in [6, 6.07) is 16.6. The number of hydrogen-bond donors (Lipinski definition) is 2. The molecule has 0 saturated heterocycles. The lowest BCUT2D eigenvalue weighted by Gasteiger charge is -2.24. The van der Waals surface area contributed by atoms with Gasteiger partial charge in [-0.2, -0.15) is 0 Å². The lowest BCUT2D eigenvalue weighted by atomic mass is 10.2. The van der Waals surface area contributed by atoms with Crippen molar-refractivity contribution in [1.29, 1.82) is 0 Å². The third-order valence-corrected chi connectivity index (χ3v) is 4.07. The zero-order valence-corrected chi connectivity index (χ0v) is 15.4. The van der Waals surface area contributed by atoms with Gasteiger partial charge in [-0.1, -0.05) is 36.4 Å². The Morgan fingerprint density at radius 1 is 1.12 bits per heavy atom. The number of anilines is 1. The van der Waals surface area contributed by atoms with Crippen molar-refractivity contribution in [3.05, 3.63) is 60.2 Å². The molecule has 0 aliphatic heterocycles. The fourth-order valence-electron chi connectivity index (χ4n) is 2.32. The summed E-state index contributed by atoms with van der Waals surface area (Å²) < 4.78 is 5.77. The van der Waals surface area contributed by atoms with E-state index in [1.54, 1.807) is 26.2 Å². The smallest absolute Gasteiger partial charge is 0.321 e. The van der Waals surface area contributed by atoms with E-state index in [1.807, 2.05) is 49.4 Å². The van der Waals surface area contributed by atoms with Gasteiger partial charge in [0.2, 0.25) is 5.91 Å². The van der Waals surface area contributed by atoms with Crippen molar-refractivity contribution in [2.24, 2.45) is 0 Å². The highest BCUT2D eigenvalue weighted by molar-refractivity contribution is 5.90. The Labute approximate surface area is 154 Å². The predicted molar refractivity (Wildman–Crippen MR) is 102 cm³/mol. The summed E-state index contributed by atoms with van der Waals surface area (Å²) in [7, 11) is 3.24. The molecule has 1 atom stereocenters. The summed E-state index contributed by atoms with van der Waals surface area (Å²) in [5, 5.41) is 5.39. The topological polar surface area (TPSA) is 70.7 Å². The van der Waals surface area contributed by atoms with Gasteiger partial charge in [-0.15, -0.1) is 0 Å². The van der Waals surface area contributed by atoms with Crippen molar-refractivity contribution >= 4 is 17.6 Å². The van der Waals surface area contributed by atoms with Crippen LogP contribution in [0, 0.1) is 0 Å². The Balaban J connectivity index is 1.92. The number of urea groups is 1. The molecular formula is C20H25N3O3. The Kier molecular flexibility index (Phi) is 7.02. The van der Waals surface area contributed by atoms with E-state index in [2.05, 4.69) is 10.6 Å². The van der Waals surface area contributed by atoms with Gasteiger partial charge in [0.05, 0.1) is 0 Å². The number of carbonyl (C=O) groups is 2. The van der Waals surface area contributed by atoms with Crippen LogP contribution in [0.2, 0.25) is 0 Å². The normalized spacial score (nSPS) is 11.3. The minimum Gasteiger partial charge on any atom is -0.489 e. The van der Waals surface area contributed by atoms with E-state index in [-0.39, 0.29) is 24.4 Å². The zero-order valence-electron chi connectivity index (χ0n) is 15.4. The second-order valence-corrected chi connectivity index (χ2v) is 6.07. The third kappa shape index (κ3) is 5.81. The highest BCUT2D eigenvalue weighted by Crippen LogP contribution is 2.19. The molecule has 1 unspecified atom stereocenters. The van der Waals surface area contributed by atoms with Gasteiger partial charge >= 0.3 is 6.03 Å². The lowest BCUT2D eigenvalue weighted by molar-refractivity contribution is -0.121. The minimum absolute atomic E-state index is 0.103. The summed E-state index contributed by atoms with van der Waals surface area (Å²) in [5.41, 5.74) is 1.71. The molecule has 0 radical (unpaired) electrons. The Hall–Kier alpha value is -3.02. The highest BCUT2D eigenvalue weighted by Gasteiger charge is 2.18. The van der Waals surface area contributed by atoms with Crippen molar-refractivity contribution in [3.63, 3.8) is 0 Å². The van der Waals surface area contributed by atoms with Gasteiger partial charge in [0.1, 0.15) is 12.4 Å². The molecule has 6 heteroatoms. The van der Waals surface area contributed by atoms with E-state index in [1.165, 1.54) is 4.90 Å². The van der Waals surface area contributed by atoms with Crippen molar-refractivity contribution in [3.8, 4) is 5.75 Å². The van der Waals surface area contributed by atoms with Crippen molar-refractivity contribution < 1.29 is 14.3 Å². The van der Waals surface area contributed by atoms with Crippen LogP contribution in [0.3, 0.4) is 0 Å². The van der Waals surface area contributed by atoms with Crippen LogP contribution in [0.25, 0.3) is 0 Å². The van der Waals surface area contributed by atoms with Crippen LogP contribution in [0.5, 0.6) is 5.75 Å². The average molecular weight is 355 g/mol. The maximum Gasteiger partial charge on any atom is 0.321 e. The number of rotatable bonds is 7. The molecule has 2 aromatic rings. The van der Waals surface area contributed by atoms with Crippen LogP contribution in [0.15, 0.2) is 54.6 Å². The number of nitrogens with zero attached hydrogens (tertiary/aromatic N) is 1. The monoisotopic (exact) mass is 355 g/mol. The molecule has 138 valence electrons. The average Bonchev–Trinajstić information content (AvgIpc) is 2.66. The van der Waals surface area contributed by atoms with Crippen LogP contribution in [-0.2, 0) is 11.4 Å². The molecule has 2 aromatic carbocycles. The molecule has 0 aromatic heterocycles. The quantitative estimate of drug-likeness (QED) is 0.801. The molecule has 6 nitrogen and oxygen atoms in total. The first kappa shape index (κ1) is 19.3. The second-order valence-electron chi connectivity index (χ2n) is 6.07. The molecule has 2 rings (SSSR count). The van der Waals surface area contributed by atoms with Crippen LogP contribution in [-0.4, -0.2) is 37.0 Å². The van der Waals surface area contributed by atoms with Crippen LogP contribution in [0.4, 0.5) is 10.5 Å². The van der Waals surface area contributed by atoms with Gasteiger partial charge in [0.25, 0.3) is 0 Å². The van der Waals surface area contributed by atoms with Gasteiger partial charge in [-0.3, -0.25) is 4.79 Å². The standard InChI is InChI=1S/C20H25N3O3/c1-15(12-19(24)21-2)23(3)20(25)22-17-10-7-11-18(13-17)26-14-16-8-5-4-6-9-16/h4-11,13,15H,12,14H2,1-3H3,(H,21,24)(H,22,25). The van der Waals surface area contributed by atoms with Gasteiger partial charge < -0.3 is 20.3 Å². The minimum atomic E-state index is -0.276. The molecule has 26 heavy (non-hydrogen) atoms. The lowest BCUT2D eigenvalue weighted by Crippen LogP contribution is -2.40. The summed E-state index contributed by atoms with van der Waals surface area (Å²) in [6.07, 6.45) is 0.251. The van der Waals surface area contributed by atoms with E-state index in [0.717, 1.165) is 5.56 Å². The molecule has 0 aliphatic rings. The Morgan fingerprint density at radius 2 is 1.85 bits per heavy atom. The van der Waals surface area contributed by atoms with Gasteiger partial charge in [0, 0.05) is 38.3 Å². The fraction of sp³-hybridized carbons (Fsp3) is 0.300. The molecule has 0 bridgehead atoms. The number of amides is 3. The first-order valence-electron chi connectivity index (χ1n) is 8.50. The summed E-state index contributed by atoms with van der Waals surface area (Å²) in [6.45, 7) is 2.29. The first-order chi connectivity index (χ1) is 12.5. The zero-order chi connectivity index (χ0) is 18.9. The third-order valence-electron chi connectivity index (χ3n) is 4.07. The highest BCUT2D eigenvalue weighted by atomic mass is 16.5. The van der Waals surface area contributed by atoms with Gasteiger partial charge in [-0.25, -0.2) is 4.79 Å². The van der Waals surface area contributed by atoms with Gasteiger partial charge in [0.15, 0.2) is 0 Å². The van der Waals surface area contributed by atoms with Gasteiger partial charge in [-0.05, 0) is 24.6 Å². The van der Waals surface area contributed by atoms with Crippen molar-refractivity contribution in [2.75, 3.05) is 19.4 Å². The van der Waals surface area contributed by atoms with Crippen LogP contribution >= 0.6 is 0 Å². The predicted octanol–water partition coefficient (Wildman–Crippen LogP) is 3.25. The molecule has 0 spiro atoms. The second kappa shape index (κ2) is 9.46. The largest absolute Gasteiger partial charge is 0.489 e. The van der Waals surface area contributed by atoms with E-state index >= 15 is 0 Å². The fourth-order valence-corrected chi connectivity index (χ4v) is 2.32. The molecule has 0 saturated carbocycles. The SMILES string of the molecule is CNC(=O)CC(C)N(C)C(=O)Nc1cccc(OCc2ccccc2)c1. The molecular weight excluding hydrogens is 330 g/mol. The number of nitrogens with one attached hydrogen (secondary N) is 2. The number of carbonyl (C=O) groups excluding carboxylic acids is 2. The molecule has 0 heterocycles. The number of hydrogen-bond acceptors (Lipinski definition) is 3. The summed E-state index contributed by atoms with van der Waals surface area (Å²) in [4.78, 5) is 25.3. The maximum absolute atomic E-state index is 12.4. The molecule has 3 amide bonds. The summed E-state index contributed by atoms with van der Waals surface area (Å²) >= 11 is 0. The molecule has 0 aliphatic carbocycles. The van der Waals surface area contributed by atoms with E-state index in [0.29, 0.717) is 18.0 Å².